The van der Waals surface area contributed by atoms with Gasteiger partial charge in [0.05, 0.1) is 24.6 Å². The van der Waals surface area contributed by atoms with Crippen molar-refractivity contribution in [3.05, 3.63) is 65.7 Å². The van der Waals surface area contributed by atoms with Crippen LogP contribution in [0.15, 0.2) is 53.8 Å². The number of methoxy groups -OCH3 is 1. The predicted molar refractivity (Wildman–Crippen MR) is 99.9 cm³/mol. The molecule has 1 amide bonds. The summed E-state index contributed by atoms with van der Waals surface area (Å²) >= 11 is 0. The number of amidine groups is 1. The standard InChI is InChI=1S/C20H17FN4O2/c1-25-11-13(10-22-25)20(26)24-18-9-16-17(27-2)8-7-15(19(16)23-18)12-3-5-14(21)6-4-12/h3-8,10-11H,9H2,1-2H3,(H,23,24,26). The van der Waals surface area contributed by atoms with Gasteiger partial charge in [0, 0.05) is 30.8 Å². The Morgan fingerprint density at radius 2 is 2.00 bits per heavy atom. The van der Waals surface area contributed by atoms with E-state index < -0.39 is 0 Å². The molecule has 0 radical (unpaired) electrons. The minimum absolute atomic E-state index is 0.267. The van der Waals surface area contributed by atoms with Crippen molar-refractivity contribution in [2.24, 2.45) is 12.0 Å². The zero-order chi connectivity index (χ0) is 19.0. The predicted octanol–water partition coefficient (Wildman–Crippen LogP) is 3.25. The fourth-order valence-corrected chi connectivity index (χ4v) is 3.13. The molecule has 0 unspecified atom stereocenters. The van der Waals surface area contributed by atoms with Gasteiger partial charge in [-0.25, -0.2) is 9.38 Å². The first-order valence-corrected chi connectivity index (χ1v) is 8.38. The highest BCUT2D eigenvalue weighted by Crippen LogP contribution is 2.42. The van der Waals surface area contributed by atoms with Crippen LogP contribution in [-0.2, 0) is 13.5 Å². The number of amides is 1. The lowest BCUT2D eigenvalue weighted by Gasteiger charge is -2.10. The van der Waals surface area contributed by atoms with Crippen LogP contribution >= 0.6 is 0 Å². The van der Waals surface area contributed by atoms with E-state index in [4.69, 9.17) is 4.74 Å². The Hall–Kier alpha value is -3.48. The third-order valence-corrected chi connectivity index (χ3v) is 4.43. The highest BCUT2D eigenvalue weighted by Gasteiger charge is 2.24. The van der Waals surface area contributed by atoms with Gasteiger partial charge in [-0.15, -0.1) is 0 Å². The van der Waals surface area contributed by atoms with E-state index in [-0.39, 0.29) is 11.7 Å². The van der Waals surface area contributed by atoms with Gasteiger partial charge >= 0.3 is 0 Å². The Kier molecular flexibility index (Phi) is 4.19. The molecule has 1 aromatic heterocycles. The molecule has 1 aliphatic heterocycles. The number of rotatable bonds is 3. The monoisotopic (exact) mass is 364 g/mol. The van der Waals surface area contributed by atoms with Gasteiger partial charge in [-0.1, -0.05) is 12.1 Å². The largest absolute Gasteiger partial charge is 0.496 e. The summed E-state index contributed by atoms with van der Waals surface area (Å²) in [4.78, 5) is 17.0. The topological polar surface area (TPSA) is 68.5 Å². The quantitative estimate of drug-likeness (QED) is 0.776. The number of ether oxygens (including phenoxy) is 1. The summed E-state index contributed by atoms with van der Waals surface area (Å²) in [5, 5.41) is 6.84. The molecular formula is C20H17FN4O2. The van der Waals surface area contributed by atoms with Crippen molar-refractivity contribution in [1.82, 2.24) is 15.1 Å². The van der Waals surface area contributed by atoms with Gasteiger partial charge in [-0.05, 0) is 29.8 Å². The first kappa shape index (κ1) is 17.0. The number of hydrogen-bond acceptors (Lipinski definition) is 4. The van der Waals surface area contributed by atoms with E-state index in [1.165, 1.54) is 18.3 Å². The van der Waals surface area contributed by atoms with Crippen molar-refractivity contribution >= 4 is 17.4 Å². The molecule has 2 aromatic carbocycles. The third-order valence-electron chi connectivity index (χ3n) is 4.43. The molecule has 0 aliphatic carbocycles. The number of carbonyl (C=O) groups excluding carboxylic acids is 1. The summed E-state index contributed by atoms with van der Waals surface area (Å²) in [6, 6.07) is 9.99. The molecule has 2 heterocycles. The smallest absolute Gasteiger partial charge is 0.259 e. The summed E-state index contributed by atoms with van der Waals surface area (Å²) < 4.78 is 20.3. The molecule has 0 fully saturated rings. The summed E-state index contributed by atoms with van der Waals surface area (Å²) in [6.45, 7) is 0. The summed E-state index contributed by atoms with van der Waals surface area (Å²) in [6.07, 6.45) is 3.59. The van der Waals surface area contributed by atoms with Gasteiger partial charge in [0.1, 0.15) is 17.4 Å². The number of carbonyl (C=O) groups is 1. The fourth-order valence-electron chi connectivity index (χ4n) is 3.13. The second kappa shape index (κ2) is 6.68. The molecule has 27 heavy (non-hydrogen) atoms. The van der Waals surface area contributed by atoms with Gasteiger partial charge < -0.3 is 10.1 Å². The second-order valence-electron chi connectivity index (χ2n) is 6.24. The van der Waals surface area contributed by atoms with Crippen LogP contribution < -0.4 is 10.1 Å². The highest BCUT2D eigenvalue weighted by molar-refractivity contribution is 6.10. The number of fused-ring (bicyclic) bond motifs is 1. The van der Waals surface area contributed by atoms with Gasteiger partial charge in [0.2, 0.25) is 0 Å². The van der Waals surface area contributed by atoms with Crippen LogP contribution in [0.5, 0.6) is 5.75 Å². The van der Waals surface area contributed by atoms with Crippen molar-refractivity contribution in [1.29, 1.82) is 0 Å². The number of aliphatic imine (C=N–C) groups is 1. The Balaban J connectivity index is 1.68. The lowest BCUT2D eigenvalue weighted by molar-refractivity contribution is 0.0976. The minimum atomic E-state index is -0.295. The number of halogens is 1. The minimum Gasteiger partial charge on any atom is -0.496 e. The zero-order valence-electron chi connectivity index (χ0n) is 14.9. The molecule has 3 aromatic rings. The summed E-state index contributed by atoms with van der Waals surface area (Å²) in [5.41, 5.74) is 3.78. The molecule has 1 aliphatic rings. The first-order chi connectivity index (χ1) is 13.0. The van der Waals surface area contributed by atoms with E-state index in [0.29, 0.717) is 23.6 Å². The lowest BCUT2D eigenvalue weighted by Crippen LogP contribution is -2.30. The molecule has 0 bridgehead atoms. The SMILES string of the molecule is COc1ccc(-c2ccc(F)cc2)c2c1CC(NC(=O)c1cnn(C)c1)=N2. The van der Waals surface area contributed by atoms with E-state index in [9.17, 15) is 9.18 Å². The average Bonchev–Trinajstić information content (AvgIpc) is 3.28. The van der Waals surface area contributed by atoms with E-state index in [1.54, 1.807) is 37.2 Å². The number of benzene rings is 2. The van der Waals surface area contributed by atoms with Crippen molar-refractivity contribution in [3.63, 3.8) is 0 Å². The van der Waals surface area contributed by atoms with Crippen LogP contribution in [-0.4, -0.2) is 28.6 Å². The number of hydrogen-bond donors (Lipinski definition) is 1. The van der Waals surface area contributed by atoms with Crippen molar-refractivity contribution < 1.29 is 13.9 Å². The normalized spacial score (nSPS) is 12.5. The Labute approximate surface area is 155 Å². The summed E-state index contributed by atoms with van der Waals surface area (Å²) in [5.74, 6) is 0.672. The molecule has 136 valence electrons. The van der Waals surface area contributed by atoms with E-state index in [2.05, 4.69) is 15.4 Å². The summed E-state index contributed by atoms with van der Waals surface area (Å²) in [7, 11) is 3.35. The number of nitrogens with zero attached hydrogens (tertiary/aromatic N) is 3. The van der Waals surface area contributed by atoms with E-state index >= 15 is 0 Å². The maximum atomic E-state index is 13.3. The third kappa shape index (κ3) is 3.19. The van der Waals surface area contributed by atoms with Gasteiger partial charge in [0.15, 0.2) is 0 Å². The highest BCUT2D eigenvalue weighted by atomic mass is 19.1. The molecular weight excluding hydrogens is 347 g/mol. The van der Waals surface area contributed by atoms with Crippen LogP contribution in [0.4, 0.5) is 10.1 Å². The van der Waals surface area contributed by atoms with Crippen molar-refractivity contribution in [2.45, 2.75) is 6.42 Å². The first-order valence-electron chi connectivity index (χ1n) is 8.38. The molecule has 0 saturated heterocycles. The molecule has 4 rings (SSSR count). The van der Waals surface area contributed by atoms with Crippen molar-refractivity contribution in [3.8, 4) is 16.9 Å². The molecule has 0 saturated carbocycles. The molecule has 7 heteroatoms. The van der Waals surface area contributed by atoms with Gasteiger partial charge in [-0.2, -0.15) is 5.10 Å². The van der Waals surface area contributed by atoms with E-state index in [0.717, 1.165) is 22.4 Å². The second-order valence-corrected chi connectivity index (χ2v) is 6.24. The molecule has 6 nitrogen and oxygen atoms in total. The van der Waals surface area contributed by atoms with Gasteiger partial charge in [0.25, 0.3) is 5.91 Å². The number of aromatic nitrogens is 2. The Morgan fingerprint density at radius 1 is 1.22 bits per heavy atom. The Bertz CT molecular complexity index is 1050. The van der Waals surface area contributed by atoms with E-state index in [1.807, 2.05) is 12.1 Å². The Morgan fingerprint density at radius 3 is 2.67 bits per heavy atom. The van der Waals surface area contributed by atoms with Crippen LogP contribution in [0.2, 0.25) is 0 Å². The fraction of sp³-hybridized carbons (Fsp3) is 0.150. The maximum Gasteiger partial charge on any atom is 0.259 e. The number of nitrogens with one attached hydrogen (secondary N) is 1. The van der Waals surface area contributed by atoms with Crippen LogP contribution in [0, 0.1) is 5.82 Å². The molecule has 0 spiro atoms. The zero-order valence-corrected chi connectivity index (χ0v) is 14.9. The van der Waals surface area contributed by atoms with Crippen LogP contribution in [0.25, 0.3) is 11.1 Å². The number of aryl methyl sites for hydroxylation is 1. The van der Waals surface area contributed by atoms with Crippen molar-refractivity contribution in [2.75, 3.05) is 7.11 Å². The van der Waals surface area contributed by atoms with Crippen LogP contribution in [0.3, 0.4) is 0 Å². The average molecular weight is 364 g/mol. The molecule has 1 N–H and O–H groups in total. The lowest BCUT2D eigenvalue weighted by atomic mass is 9.99. The molecule has 0 atom stereocenters. The maximum absolute atomic E-state index is 13.3. The van der Waals surface area contributed by atoms with Gasteiger partial charge in [-0.3, -0.25) is 9.48 Å². The van der Waals surface area contributed by atoms with Crippen LogP contribution in [0.1, 0.15) is 15.9 Å².